The fraction of sp³-hybridized carbons (Fsp3) is 0.200. The minimum absolute atomic E-state index is 0.0673. The molecular weight excluding hydrogens is 378 g/mol. The van der Waals surface area contributed by atoms with Gasteiger partial charge in [-0.3, -0.25) is 9.59 Å². The highest BCUT2D eigenvalue weighted by molar-refractivity contribution is 6.30. The second-order valence-corrected chi connectivity index (χ2v) is 6.95. The van der Waals surface area contributed by atoms with E-state index in [9.17, 15) is 9.59 Å². The zero-order chi connectivity index (χ0) is 20.3. The fourth-order valence-corrected chi connectivity index (χ4v) is 2.95. The maximum absolute atomic E-state index is 12.6. The quantitative estimate of drug-likeness (QED) is 0.686. The van der Waals surface area contributed by atoms with E-state index in [-0.39, 0.29) is 24.1 Å². The van der Waals surface area contributed by atoms with Gasteiger partial charge in [0.05, 0.1) is 5.69 Å². The summed E-state index contributed by atoms with van der Waals surface area (Å²) in [5.74, 6) is -0.664. The van der Waals surface area contributed by atoms with Crippen LogP contribution in [-0.2, 0) is 11.3 Å². The lowest BCUT2D eigenvalue weighted by Crippen LogP contribution is -2.21. The summed E-state index contributed by atoms with van der Waals surface area (Å²) < 4.78 is 1.39. The summed E-state index contributed by atoms with van der Waals surface area (Å²) in [5.41, 5.74) is 4.05. The Labute approximate surface area is 167 Å². The molecule has 0 bridgehead atoms. The van der Waals surface area contributed by atoms with Gasteiger partial charge in [0.25, 0.3) is 5.91 Å². The van der Waals surface area contributed by atoms with Gasteiger partial charge in [0.15, 0.2) is 5.69 Å². The molecule has 144 valence electrons. The van der Waals surface area contributed by atoms with Crippen molar-refractivity contribution in [2.24, 2.45) is 0 Å². The van der Waals surface area contributed by atoms with E-state index in [0.717, 1.165) is 11.1 Å². The van der Waals surface area contributed by atoms with E-state index in [0.29, 0.717) is 22.1 Å². The fourth-order valence-electron chi connectivity index (χ4n) is 2.76. The van der Waals surface area contributed by atoms with Crippen molar-refractivity contribution in [3.8, 4) is 0 Å². The normalized spacial score (nSPS) is 10.6. The molecule has 0 aliphatic carbocycles. The number of rotatable bonds is 5. The maximum Gasteiger partial charge on any atom is 0.278 e. The molecule has 28 heavy (non-hydrogen) atoms. The first-order valence-electron chi connectivity index (χ1n) is 8.67. The van der Waals surface area contributed by atoms with Crippen molar-refractivity contribution in [1.82, 2.24) is 15.0 Å². The lowest BCUT2D eigenvalue weighted by molar-refractivity contribution is -0.117. The number of nitrogens with one attached hydrogen (secondary N) is 2. The van der Waals surface area contributed by atoms with Crippen LogP contribution in [0.3, 0.4) is 0 Å². The Balaban J connectivity index is 1.69. The topological polar surface area (TPSA) is 88.9 Å². The van der Waals surface area contributed by atoms with Crippen LogP contribution in [0.2, 0.25) is 5.02 Å². The van der Waals surface area contributed by atoms with Crippen LogP contribution in [0.4, 0.5) is 11.4 Å². The number of benzene rings is 2. The van der Waals surface area contributed by atoms with E-state index >= 15 is 0 Å². The van der Waals surface area contributed by atoms with E-state index in [2.05, 4.69) is 20.9 Å². The number of carbonyl (C=O) groups excluding carboxylic acids is 2. The molecule has 3 rings (SSSR count). The molecule has 0 saturated heterocycles. The van der Waals surface area contributed by atoms with E-state index in [1.54, 1.807) is 31.2 Å². The van der Waals surface area contributed by atoms with Crippen molar-refractivity contribution in [3.05, 3.63) is 70.0 Å². The molecule has 3 aromatic rings. The lowest BCUT2D eigenvalue weighted by atomic mass is 10.1. The van der Waals surface area contributed by atoms with Gasteiger partial charge in [-0.2, -0.15) is 0 Å². The second-order valence-electron chi connectivity index (χ2n) is 6.51. The monoisotopic (exact) mass is 397 g/mol. The molecule has 2 N–H and O–H groups in total. The van der Waals surface area contributed by atoms with E-state index in [1.165, 1.54) is 4.68 Å². The van der Waals surface area contributed by atoms with Gasteiger partial charge in [-0.05, 0) is 50.6 Å². The van der Waals surface area contributed by atoms with Gasteiger partial charge in [-0.15, -0.1) is 5.10 Å². The van der Waals surface area contributed by atoms with Crippen LogP contribution in [0.5, 0.6) is 0 Å². The Morgan fingerprint density at radius 2 is 1.86 bits per heavy atom. The first kappa shape index (κ1) is 19.6. The molecule has 2 aromatic carbocycles. The number of aryl methyl sites for hydroxylation is 2. The van der Waals surface area contributed by atoms with Gasteiger partial charge in [0.1, 0.15) is 6.54 Å². The number of anilines is 2. The number of hydrogen-bond donors (Lipinski definition) is 2. The number of hydrogen-bond acceptors (Lipinski definition) is 4. The van der Waals surface area contributed by atoms with Gasteiger partial charge in [0.2, 0.25) is 5.91 Å². The molecule has 0 aliphatic heterocycles. The van der Waals surface area contributed by atoms with Crippen molar-refractivity contribution in [2.75, 3.05) is 10.6 Å². The summed E-state index contributed by atoms with van der Waals surface area (Å²) in [6.45, 7) is 5.54. The third-order valence-corrected chi connectivity index (χ3v) is 4.46. The highest BCUT2D eigenvalue weighted by atomic mass is 35.5. The smallest absolute Gasteiger partial charge is 0.278 e. The molecule has 0 saturated carbocycles. The molecular formula is C20H20ClN5O2. The first-order valence-corrected chi connectivity index (χ1v) is 9.05. The van der Waals surface area contributed by atoms with Crippen LogP contribution in [-0.4, -0.2) is 26.8 Å². The Bertz CT molecular complexity index is 1040. The predicted octanol–water partition coefficient (Wildman–Crippen LogP) is 3.75. The average molecular weight is 398 g/mol. The molecule has 7 nitrogen and oxygen atoms in total. The van der Waals surface area contributed by atoms with Crippen molar-refractivity contribution in [1.29, 1.82) is 0 Å². The summed E-state index contributed by atoms with van der Waals surface area (Å²) in [6.07, 6.45) is 0. The van der Waals surface area contributed by atoms with Crippen LogP contribution in [0.25, 0.3) is 0 Å². The first-order chi connectivity index (χ1) is 13.3. The van der Waals surface area contributed by atoms with Crippen LogP contribution < -0.4 is 10.6 Å². The third-order valence-electron chi connectivity index (χ3n) is 4.23. The summed E-state index contributed by atoms with van der Waals surface area (Å²) >= 11 is 5.91. The highest BCUT2D eigenvalue weighted by Gasteiger charge is 2.18. The molecule has 0 aliphatic rings. The SMILES string of the molecule is Cc1ccc(NC(=O)c2nnn(CC(=O)Nc3cccc(Cl)c3)c2C)c(C)c1. The molecule has 1 heterocycles. The van der Waals surface area contributed by atoms with Crippen LogP contribution in [0.1, 0.15) is 27.3 Å². The number of aromatic nitrogens is 3. The Morgan fingerprint density at radius 3 is 2.57 bits per heavy atom. The van der Waals surface area contributed by atoms with Crippen molar-refractivity contribution >= 4 is 34.8 Å². The summed E-state index contributed by atoms with van der Waals surface area (Å²) in [4.78, 5) is 24.8. The minimum Gasteiger partial charge on any atom is -0.324 e. The summed E-state index contributed by atoms with van der Waals surface area (Å²) in [7, 11) is 0. The molecule has 0 atom stereocenters. The average Bonchev–Trinajstić information content (AvgIpc) is 2.98. The zero-order valence-electron chi connectivity index (χ0n) is 15.8. The summed E-state index contributed by atoms with van der Waals surface area (Å²) in [6, 6.07) is 12.6. The number of carbonyl (C=O) groups is 2. The summed E-state index contributed by atoms with van der Waals surface area (Å²) in [5, 5.41) is 14.0. The Morgan fingerprint density at radius 1 is 1.07 bits per heavy atom. The molecule has 0 spiro atoms. The van der Waals surface area contributed by atoms with Crippen LogP contribution >= 0.6 is 11.6 Å². The van der Waals surface area contributed by atoms with Gasteiger partial charge < -0.3 is 10.6 Å². The van der Waals surface area contributed by atoms with Crippen molar-refractivity contribution < 1.29 is 9.59 Å². The number of halogens is 1. The second kappa shape index (κ2) is 8.22. The Kier molecular flexibility index (Phi) is 5.75. The third kappa shape index (κ3) is 4.55. The molecule has 0 radical (unpaired) electrons. The van der Waals surface area contributed by atoms with Crippen LogP contribution in [0.15, 0.2) is 42.5 Å². The minimum atomic E-state index is -0.369. The largest absolute Gasteiger partial charge is 0.324 e. The van der Waals surface area contributed by atoms with Crippen molar-refractivity contribution in [3.63, 3.8) is 0 Å². The van der Waals surface area contributed by atoms with Gasteiger partial charge in [-0.1, -0.05) is 40.6 Å². The number of nitrogens with zero attached hydrogens (tertiary/aromatic N) is 3. The molecule has 1 aromatic heterocycles. The molecule has 0 unspecified atom stereocenters. The van der Waals surface area contributed by atoms with Gasteiger partial charge in [0, 0.05) is 16.4 Å². The standard InChI is InChI=1S/C20H20ClN5O2/c1-12-7-8-17(13(2)9-12)23-20(28)19-14(3)26(25-24-19)11-18(27)22-16-6-4-5-15(21)10-16/h4-10H,11H2,1-3H3,(H,22,27)(H,23,28). The lowest BCUT2D eigenvalue weighted by Gasteiger charge is -2.09. The van der Waals surface area contributed by atoms with E-state index < -0.39 is 0 Å². The molecule has 8 heteroatoms. The van der Waals surface area contributed by atoms with E-state index in [4.69, 9.17) is 11.6 Å². The maximum atomic E-state index is 12.6. The van der Waals surface area contributed by atoms with Gasteiger partial charge in [-0.25, -0.2) is 4.68 Å². The van der Waals surface area contributed by atoms with Gasteiger partial charge >= 0.3 is 0 Å². The number of amides is 2. The highest BCUT2D eigenvalue weighted by Crippen LogP contribution is 2.18. The van der Waals surface area contributed by atoms with E-state index in [1.807, 2.05) is 32.0 Å². The van der Waals surface area contributed by atoms with Crippen molar-refractivity contribution in [2.45, 2.75) is 27.3 Å². The van der Waals surface area contributed by atoms with Crippen LogP contribution in [0, 0.1) is 20.8 Å². The molecule has 2 amide bonds. The zero-order valence-corrected chi connectivity index (χ0v) is 16.5. The molecule has 0 fully saturated rings. The Hall–Kier alpha value is -3.19. The predicted molar refractivity (Wildman–Crippen MR) is 109 cm³/mol.